The number of nitrogens with zero attached hydrogens (tertiary/aromatic N) is 2. The van der Waals surface area contributed by atoms with Crippen LogP contribution in [-0.2, 0) is 0 Å². The Morgan fingerprint density at radius 2 is 1.07 bits per heavy atom. The van der Waals surface area contributed by atoms with Gasteiger partial charge in [-0.2, -0.15) is 0 Å². The first-order valence-electron chi connectivity index (χ1n) is 14.7. The molecule has 0 fully saturated rings. The molecule has 1 N–H and O–H groups in total. The highest BCUT2D eigenvalue weighted by molar-refractivity contribution is 6.17. The van der Waals surface area contributed by atoms with Crippen LogP contribution in [0.2, 0.25) is 0 Å². The van der Waals surface area contributed by atoms with Gasteiger partial charge < -0.3 is 14.2 Å². The lowest BCUT2D eigenvalue weighted by atomic mass is 9.97. The molecule has 44 heavy (non-hydrogen) atoms. The standard InChI is InChI=1S/C39H25N3O2/c1-2-10-24(11-3-1)37-40-38(42-39(41-37)27-20-21-34-31(23-27)29-14-4-6-17-32(29)43-34)26-13-8-12-25(22-26)28-16-9-19-35-36(28)30-15-5-7-18-33(30)44-35/h1-23,39H,(H,40,41,42). The van der Waals surface area contributed by atoms with E-state index in [0.717, 1.165) is 83.4 Å². The molecule has 0 radical (unpaired) electrons. The SMILES string of the molecule is c1ccc(C2=NC(c3ccc4oc5ccccc5c4c3)N=C(c3cccc(-c4cccc5oc6ccccc6c45)c3)N2)cc1. The summed E-state index contributed by atoms with van der Waals surface area (Å²) < 4.78 is 12.3. The molecule has 3 heterocycles. The molecule has 6 aromatic carbocycles. The van der Waals surface area contributed by atoms with Crippen molar-refractivity contribution >= 4 is 55.5 Å². The molecule has 1 atom stereocenters. The normalized spacial score (nSPS) is 15.0. The summed E-state index contributed by atoms with van der Waals surface area (Å²) in [7, 11) is 0. The van der Waals surface area contributed by atoms with Gasteiger partial charge in [-0.3, -0.25) is 0 Å². The largest absolute Gasteiger partial charge is 0.456 e. The highest BCUT2D eigenvalue weighted by Crippen LogP contribution is 2.37. The Balaban J connectivity index is 1.18. The van der Waals surface area contributed by atoms with Crippen molar-refractivity contribution in [3.05, 3.63) is 156 Å². The fourth-order valence-corrected chi connectivity index (χ4v) is 6.24. The van der Waals surface area contributed by atoms with Crippen LogP contribution >= 0.6 is 0 Å². The number of benzene rings is 6. The molecule has 0 spiro atoms. The average Bonchev–Trinajstić information content (AvgIpc) is 3.67. The van der Waals surface area contributed by atoms with Crippen LogP contribution in [0.25, 0.3) is 55.0 Å². The quantitative estimate of drug-likeness (QED) is 0.230. The first kappa shape index (κ1) is 24.6. The van der Waals surface area contributed by atoms with Crippen LogP contribution < -0.4 is 5.32 Å². The maximum absolute atomic E-state index is 6.18. The maximum atomic E-state index is 6.18. The van der Waals surface area contributed by atoms with Gasteiger partial charge in [-0.25, -0.2) is 9.98 Å². The maximum Gasteiger partial charge on any atom is 0.169 e. The van der Waals surface area contributed by atoms with Crippen molar-refractivity contribution in [3.63, 3.8) is 0 Å². The lowest BCUT2D eigenvalue weighted by Gasteiger charge is -2.22. The second-order valence-electron chi connectivity index (χ2n) is 11.0. The number of aliphatic imine (C=N–C) groups is 2. The molecule has 0 saturated heterocycles. The minimum atomic E-state index is -0.426. The minimum absolute atomic E-state index is 0.426. The van der Waals surface area contributed by atoms with Crippen molar-refractivity contribution in [2.24, 2.45) is 9.98 Å². The van der Waals surface area contributed by atoms with E-state index in [9.17, 15) is 0 Å². The van der Waals surface area contributed by atoms with Crippen LogP contribution in [0.1, 0.15) is 22.9 Å². The van der Waals surface area contributed by atoms with Crippen LogP contribution in [-0.4, -0.2) is 11.7 Å². The monoisotopic (exact) mass is 567 g/mol. The third-order valence-electron chi connectivity index (χ3n) is 8.34. The Hall–Kier alpha value is -5.94. The molecular formula is C39H25N3O2. The molecule has 2 aromatic heterocycles. The molecule has 9 rings (SSSR count). The van der Waals surface area contributed by atoms with E-state index in [0.29, 0.717) is 0 Å². The number of amidine groups is 2. The molecular weight excluding hydrogens is 542 g/mol. The minimum Gasteiger partial charge on any atom is -0.456 e. The van der Waals surface area contributed by atoms with E-state index >= 15 is 0 Å². The van der Waals surface area contributed by atoms with Gasteiger partial charge in [0.15, 0.2) is 6.17 Å². The number of fused-ring (bicyclic) bond motifs is 6. The van der Waals surface area contributed by atoms with Crippen molar-refractivity contribution in [1.29, 1.82) is 0 Å². The van der Waals surface area contributed by atoms with E-state index in [1.807, 2.05) is 60.7 Å². The average molecular weight is 568 g/mol. The van der Waals surface area contributed by atoms with Gasteiger partial charge in [0, 0.05) is 32.7 Å². The van der Waals surface area contributed by atoms with E-state index in [4.69, 9.17) is 18.8 Å². The Morgan fingerprint density at radius 3 is 1.93 bits per heavy atom. The smallest absolute Gasteiger partial charge is 0.169 e. The Morgan fingerprint density at radius 1 is 0.455 bits per heavy atom. The molecule has 0 saturated carbocycles. The van der Waals surface area contributed by atoms with Crippen LogP contribution in [0.5, 0.6) is 0 Å². The molecule has 5 heteroatoms. The molecule has 0 bridgehead atoms. The predicted molar refractivity (Wildman–Crippen MR) is 178 cm³/mol. The van der Waals surface area contributed by atoms with Crippen molar-refractivity contribution < 1.29 is 8.83 Å². The summed E-state index contributed by atoms with van der Waals surface area (Å²) in [5.74, 6) is 1.55. The summed E-state index contributed by atoms with van der Waals surface area (Å²) in [5.41, 5.74) is 8.70. The molecule has 5 nitrogen and oxygen atoms in total. The van der Waals surface area contributed by atoms with Gasteiger partial charge in [0.2, 0.25) is 0 Å². The summed E-state index contributed by atoms with van der Waals surface area (Å²) >= 11 is 0. The van der Waals surface area contributed by atoms with Crippen molar-refractivity contribution in [3.8, 4) is 11.1 Å². The molecule has 1 aliphatic rings. The number of nitrogens with one attached hydrogen (secondary N) is 1. The fourth-order valence-electron chi connectivity index (χ4n) is 6.24. The zero-order valence-corrected chi connectivity index (χ0v) is 23.6. The van der Waals surface area contributed by atoms with Crippen molar-refractivity contribution in [2.45, 2.75) is 6.17 Å². The number of para-hydroxylation sites is 2. The Bertz CT molecular complexity index is 2430. The summed E-state index contributed by atoms with van der Waals surface area (Å²) in [6.07, 6.45) is -0.426. The van der Waals surface area contributed by atoms with Gasteiger partial charge in [-0.05, 0) is 53.1 Å². The lowest BCUT2D eigenvalue weighted by molar-refractivity contribution is 0.668. The number of rotatable bonds is 4. The first-order valence-corrected chi connectivity index (χ1v) is 14.7. The highest BCUT2D eigenvalue weighted by Gasteiger charge is 2.22. The Labute approximate surface area is 252 Å². The van der Waals surface area contributed by atoms with E-state index in [1.54, 1.807) is 0 Å². The third kappa shape index (κ3) is 4.02. The number of furan rings is 2. The topological polar surface area (TPSA) is 63.0 Å². The second-order valence-corrected chi connectivity index (χ2v) is 11.0. The molecule has 1 unspecified atom stereocenters. The summed E-state index contributed by atoms with van der Waals surface area (Å²) in [4.78, 5) is 10.3. The molecule has 8 aromatic rings. The molecule has 1 aliphatic heterocycles. The fraction of sp³-hybridized carbons (Fsp3) is 0.0256. The van der Waals surface area contributed by atoms with E-state index in [1.165, 1.54) is 0 Å². The molecule has 0 aliphatic carbocycles. The summed E-state index contributed by atoms with van der Waals surface area (Å²) in [6.45, 7) is 0. The predicted octanol–water partition coefficient (Wildman–Crippen LogP) is 9.65. The Kier molecular flexibility index (Phi) is 5.50. The van der Waals surface area contributed by atoms with Crippen molar-refractivity contribution in [1.82, 2.24) is 5.32 Å². The number of hydrogen-bond acceptors (Lipinski definition) is 5. The van der Waals surface area contributed by atoms with Gasteiger partial charge in [0.1, 0.15) is 34.0 Å². The molecule has 208 valence electrons. The van der Waals surface area contributed by atoms with Crippen LogP contribution in [0, 0.1) is 0 Å². The van der Waals surface area contributed by atoms with Crippen LogP contribution in [0.3, 0.4) is 0 Å². The summed E-state index contributed by atoms with van der Waals surface area (Å²) in [6, 6.07) is 47.5. The van der Waals surface area contributed by atoms with Gasteiger partial charge in [0.25, 0.3) is 0 Å². The summed E-state index contributed by atoms with van der Waals surface area (Å²) in [5, 5.41) is 7.92. The highest BCUT2D eigenvalue weighted by atomic mass is 16.3. The second kappa shape index (κ2) is 9.82. The first-order chi connectivity index (χ1) is 21.8. The lowest BCUT2D eigenvalue weighted by Crippen LogP contribution is -2.36. The van der Waals surface area contributed by atoms with E-state index in [-0.39, 0.29) is 0 Å². The number of hydrogen-bond donors (Lipinski definition) is 1. The third-order valence-corrected chi connectivity index (χ3v) is 8.34. The van der Waals surface area contributed by atoms with Crippen LogP contribution in [0.4, 0.5) is 0 Å². The van der Waals surface area contributed by atoms with Gasteiger partial charge in [0.05, 0.1) is 0 Å². The van der Waals surface area contributed by atoms with Gasteiger partial charge >= 0.3 is 0 Å². The van der Waals surface area contributed by atoms with E-state index < -0.39 is 6.17 Å². The van der Waals surface area contributed by atoms with E-state index in [2.05, 4.69) is 84.2 Å². The van der Waals surface area contributed by atoms with Gasteiger partial charge in [-0.15, -0.1) is 0 Å². The molecule has 0 amide bonds. The van der Waals surface area contributed by atoms with Crippen LogP contribution in [0.15, 0.2) is 158 Å². The van der Waals surface area contributed by atoms with Gasteiger partial charge in [-0.1, -0.05) is 103 Å². The zero-order chi connectivity index (χ0) is 29.0. The zero-order valence-electron chi connectivity index (χ0n) is 23.6. The van der Waals surface area contributed by atoms with Crippen molar-refractivity contribution in [2.75, 3.05) is 0 Å².